The summed E-state index contributed by atoms with van der Waals surface area (Å²) in [5.74, 6) is 1.72. The van der Waals surface area contributed by atoms with Crippen molar-refractivity contribution in [2.45, 2.75) is 50.2 Å². The number of carbonyl (C=O) groups is 1. The lowest BCUT2D eigenvalue weighted by atomic mass is 9.96. The van der Waals surface area contributed by atoms with E-state index in [1.54, 1.807) is 11.8 Å². The van der Waals surface area contributed by atoms with E-state index in [0.717, 1.165) is 30.8 Å². The number of carbonyl (C=O) groups excluding carboxylic acids is 1. The fourth-order valence-corrected chi connectivity index (χ4v) is 3.76. The van der Waals surface area contributed by atoms with E-state index < -0.39 is 5.60 Å². The highest BCUT2D eigenvalue weighted by atomic mass is 32.2. The first-order valence-electron chi connectivity index (χ1n) is 6.52. The summed E-state index contributed by atoms with van der Waals surface area (Å²) in [5, 5.41) is 15.9. The minimum Gasteiger partial charge on any atom is -0.387 e. The van der Waals surface area contributed by atoms with Crippen molar-refractivity contribution in [3.8, 4) is 0 Å². The van der Waals surface area contributed by atoms with Crippen molar-refractivity contribution in [1.29, 1.82) is 0 Å². The summed E-state index contributed by atoms with van der Waals surface area (Å²) in [6, 6.07) is 0.207. The van der Waals surface area contributed by atoms with Gasteiger partial charge in [0, 0.05) is 18.3 Å². The van der Waals surface area contributed by atoms with E-state index in [9.17, 15) is 9.90 Å². The zero-order valence-corrected chi connectivity index (χ0v) is 11.0. The Morgan fingerprint density at radius 1 is 1.35 bits per heavy atom. The molecule has 0 spiro atoms. The van der Waals surface area contributed by atoms with Crippen molar-refractivity contribution in [2.24, 2.45) is 0 Å². The van der Waals surface area contributed by atoms with Crippen molar-refractivity contribution in [3.63, 3.8) is 0 Å². The second kappa shape index (κ2) is 5.96. The van der Waals surface area contributed by atoms with Crippen LogP contribution in [0.25, 0.3) is 0 Å². The van der Waals surface area contributed by atoms with Crippen LogP contribution in [0, 0.1) is 0 Å². The molecule has 0 bridgehead atoms. The number of aliphatic hydroxyl groups is 1. The van der Waals surface area contributed by atoms with Crippen LogP contribution in [-0.4, -0.2) is 40.8 Å². The first-order chi connectivity index (χ1) is 8.18. The van der Waals surface area contributed by atoms with Crippen LogP contribution >= 0.6 is 11.8 Å². The molecule has 1 saturated heterocycles. The molecule has 98 valence electrons. The Morgan fingerprint density at radius 3 is 2.76 bits per heavy atom. The smallest absolute Gasteiger partial charge is 0.315 e. The molecule has 1 saturated carbocycles. The molecule has 0 aromatic carbocycles. The van der Waals surface area contributed by atoms with Crippen molar-refractivity contribution >= 4 is 17.8 Å². The SMILES string of the molecule is O=C(NCC1(O)CCSC1)NC1CCCCC1. The lowest BCUT2D eigenvalue weighted by Crippen LogP contribution is -2.49. The van der Waals surface area contributed by atoms with Gasteiger partial charge < -0.3 is 15.7 Å². The Balaban J connectivity index is 1.66. The van der Waals surface area contributed by atoms with Gasteiger partial charge in [0.15, 0.2) is 0 Å². The van der Waals surface area contributed by atoms with E-state index in [1.165, 1.54) is 19.3 Å². The molecule has 2 fully saturated rings. The molecule has 1 aliphatic heterocycles. The molecule has 17 heavy (non-hydrogen) atoms. The number of hydrogen-bond acceptors (Lipinski definition) is 3. The van der Waals surface area contributed by atoms with Crippen LogP contribution < -0.4 is 10.6 Å². The average Bonchev–Trinajstić information content (AvgIpc) is 2.76. The zero-order chi connectivity index (χ0) is 12.1. The summed E-state index contributed by atoms with van der Waals surface area (Å²) >= 11 is 1.75. The number of urea groups is 1. The van der Waals surface area contributed by atoms with Gasteiger partial charge in [-0.15, -0.1) is 0 Å². The van der Waals surface area contributed by atoms with Crippen molar-refractivity contribution < 1.29 is 9.90 Å². The molecule has 5 heteroatoms. The van der Waals surface area contributed by atoms with Crippen LogP contribution in [0.15, 0.2) is 0 Å². The fraction of sp³-hybridized carbons (Fsp3) is 0.917. The number of rotatable bonds is 3. The van der Waals surface area contributed by atoms with Gasteiger partial charge in [-0.25, -0.2) is 4.79 Å². The van der Waals surface area contributed by atoms with Crippen LogP contribution in [0.1, 0.15) is 38.5 Å². The van der Waals surface area contributed by atoms with E-state index in [0.29, 0.717) is 12.6 Å². The maximum atomic E-state index is 11.7. The summed E-state index contributed by atoms with van der Waals surface area (Å²) in [4.78, 5) is 11.7. The molecule has 2 rings (SSSR count). The van der Waals surface area contributed by atoms with Gasteiger partial charge in [-0.05, 0) is 25.0 Å². The molecule has 1 unspecified atom stereocenters. The molecule has 4 nitrogen and oxygen atoms in total. The highest BCUT2D eigenvalue weighted by Gasteiger charge is 2.32. The average molecular weight is 258 g/mol. The molecular weight excluding hydrogens is 236 g/mol. The minimum atomic E-state index is -0.686. The minimum absolute atomic E-state index is 0.123. The molecule has 1 atom stereocenters. The highest BCUT2D eigenvalue weighted by Crippen LogP contribution is 2.26. The summed E-state index contributed by atoms with van der Waals surface area (Å²) < 4.78 is 0. The second-order valence-electron chi connectivity index (χ2n) is 5.19. The third-order valence-electron chi connectivity index (χ3n) is 3.60. The van der Waals surface area contributed by atoms with Crippen LogP contribution in [0.2, 0.25) is 0 Å². The van der Waals surface area contributed by atoms with Gasteiger partial charge in [0.2, 0.25) is 0 Å². The molecule has 1 heterocycles. The molecule has 0 radical (unpaired) electrons. The van der Waals surface area contributed by atoms with Crippen LogP contribution in [0.4, 0.5) is 4.79 Å². The summed E-state index contributed by atoms with van der Waals surface area (Å²) in [6.45, 7) is 0.374. The topological polar surface area (TPSA) is 61.4 Å². The maximum absolute atomic E-state index is 11.7. The Bertz CT molecular complexity index is 261. The first-order valence-corrected chi connectivity index (χ1v) is 7.68. The Hall–Kier alpha value is -0.420. The van der Waals surface area contributed by atoms with Crippen molar-refractivity contribution in [2.75, 3.05) is 18.1 Å². The zero-order valence-electron chi connectivity index (χ0n) is 10.2. The summed E-state index contributed by atoms with van der Waals surface area (Å²) in [6.07, 6.45) is 6.68. The van der Waals surface area contributed by atoms with E-state index >= 15 is 0 Å². The van der Waals surface area contributed by atoms with E-state index in [-0.39, 0.29) is 6.03 Å². The van der Waals surface area contributed by atoms with Crippen LogP contribution in [0.3, 0.4) is 0 Å². The largest absolute Gasteiger partial charge is 0.387 e. The second-order valence-corrected chi connectivity index (χ2v) is 6.29. The van der Waals surface area contributed by atoms with Crippen molar-refractivity contribution in [1.82, 2.24) is 10.6 Å². The van der Waals surface area contributed by atoms with Gasteiger partial charge in [0.1, 0.15) is 0 Å². The standard InChI is InChI=1S/C12H22N2O2S/c15-11(14-10-4-2-1-3-5-10)13-8-12(16)6-7-17-9-12/h10,16H,1-9H2,(H2,13,14,15). The Labute approximate surface area is 107 Å². The lowest BCUT2D eigenvalue weighted by Gasteiger charge is -2.25. The Morgan fingerprint density at radius 2 is 2.12 bits per heavy atom. The van der Waals surface area contributed by atoms with Gasteiger partial charge in [-0.1, -0.05) is 19.3 Å². The van der Waals surface area contributed by atoms with E-state index in [4.69, 9.17) is 0 Å². The molecule has 0 aromatic rings. The monoisotopic (exact) mass is 258 g/mol. The molecule has 2 aliphatic rings. The Kier molecular flexibility index (Phi) is 4.56. The lowest BCUT2D eigenvalue weighted by molar-refractivity contribution is 0.0698. The summed E-state index contributed by atoms with van der Waals surface area (Å²) in [5.41, 5.74) is -0.686. The summed E-state index contributed by atoms with van der Waals surface area (Å²) in [7, 11) is 0. The van der Waals surface area contributed by atoms with E-state index in [1.807, 2.05) is 0 Å². The number of thioether (sulfide) groups is 1. The third kappa shape index (κ3) is 4.07. The van der Waals surface area contributed by atoms with Gasteiger partial charge in [0.05, 0.1) is 5.60 Å². The highest BCUT2D eigenvalue weighted by molar-refractivity contribution is 7.99. The molecule has 3 N–H and O–H groups in total. The number of hydrogen-bond donors (Lipinski definition) is 3. The predicted molar refractivity (Wildman–Crippen MR) is 70.3 cm³/mol. The van der Waals surface area contributed by atoms with E-state index in [2.05, 4.69) is 10.6 Å². The molecular formula is C12H22N2O2S. The van der Waals surface area contributed by atoms with Gasteiger partial charge in [-0.3, -0.25) is 0 Å². The quantitative estimate of drug-likeness (QED) is 0.718. The van der Waals surface area contributed by atoms with Gasteiger partial charge >= 0.3 is 6.03 Å². The number of nitrogens with one attached hydrogen (secondary N) is 2. The maximum Gasteiger partial charge on any atom is 0.315 e. The van der Waals surface area contributed by atoms with Gasteiger partial charge in [-0.2, -0.15) is 11.8 Å². The van der Waals surface area contributed by atoms with Crippen LogP contribution in [0.5, 0.6) is 0 Å². The number of amides is 2. The third-order valence-corrected chi connectivity index (χ3v) is 4.84. The van der Waals surface area contributed by atoms with Crippen LogP contribution in [-0.2, 0) is 0 Å². The molecule has 1 aliphatic carbocycles. The molecule has 2 amide bonds. The van der Waals surface area contributed by atoms with Gasteiger partial charge in [0.25, 0.3) is 0 Å². The normalized spacial score (nSPS) is 30.2. The first kappa shape index (κ1) is 13.0. The predicted octanol–water partition coefficient (Wildman–Crippen LogP) is 1.49. The fourth-order valence-electron chi connectivity index (χ4n) is 2.46. The molecule has 0 aromatic heterocycles. The van der Waals surface area contributed by atoms with Crippen molar-refractivity contribution in [3.05, 3.63) is 0 Å².